The van der Waals surface area contributed by atoms with E-state index >= 15 is 0 Å². The van der Waals surface area contributed by atoms with Gasteiger partial charge in [0, 0.05) is 49.3 Å². The first kappa shape index (κ1) is 25.1. The molecule has 0 saturated carbocycles. The van der Waals surface area contributed by atoms with Gasteiger partial charge in [-0.3, -0.25) is 14.9 Å². The van der Waals surface area contributed by atoms with Crippen molar-refractivity contribution in [2.45, 2.75) is 6.42 Å². The Balaban J connectivity index is 0.00000324. The lowest BCUT2D eigenvalue weighted by Crippen LogP contribution is -2.50. The summed E-state index contributed by atoms with van der Waals surface area (Å²) in [6.45, 7) is 2.77. The Morgan fingerprint density at radius 1 is 1.18 bits per heavy atom. The highest BCUT2D eigenvalue weighted by Gasteiger charge is 2.24. The van der Waals surface area contributed by atoms with Gasteiger partial charge in [0.1, 0.15) is 11.5 Å². The van der Waals surface area contributed by atoms with Gasteiger partial charge in [-0.1, -0.05) is 0 Å². The van der Waals surface area contributed by atoms with Crippen molar-refractivity contribution in [3.8, 4) is 11.5 Å². The fourth-order valence-corrected chi connectivity index (χ4v) is 4.08. The van der Waals surface area contributed by atoms with Crippen LogP contribution in [0.1, 0.15) is 5.56 Å². The molecule has 1 fully saturated rings. The largest absolute Gasteiger partial charge is 0.494 e. The van der Waals surface area contributed by atoms with E-state index in [1.807, 2.05) is 24.4 Å². The normalized spacial score (nSPS) is 13.5. The number of carbonyl (C=O) groups excluding carboxylic acids is 1. The monoisotopic (exact) mass is 489 g/mol. The van der Waals surface area contributed by atoms with Crippen molar-refractivity contribution in [3.05, 3.63) is 58.3 Å². The zero-order chi connectivity index (χ0) is 23.4. The second kappa shape index (κ2) is 11.1. The zero-order valence-electron chi connectivity index (χ0n) is 18.9. The molecule has 11 heteroatoms. The minimum absolute atomic E-state index is 0. The summed E-state index contributed by atoms with van der Waals surface area (Å²) in [5, 5.41) is 12.1. The van der Waals surface area contributed by atoms with E-state index in [1.165, 1.54) is 19.2 Å². The molecule has 0 unspecified atom stereocenters. The van der Waals surface area contributed by atoms with Crippen LogP contribution >= 0.6 is 12.4 Å². The number of non-ortho nitro benzene ring substituents is 1. The number of amides is 1. The number of nitrogens with one attached hydrogen (secondary N) is 1. The number of hydrogen-bond acceptors (Lipinski definition) is 7. The van der Waals surface area contributed by atoms with E-state index in [9.17, 15) is 14.9 Å². The molecule has 1 amide bonds. The van der Waals surface area contributed by atoms with Crippen LogP contribution in [-0.4, -0.2) is 67.2 Å². The number of rotatable bonds is 8. The van der Waals surface area contributed by atoms with E-state index in [0.717, 1.165) is 28.6 Å². The molecule has 1 saturated heterocycles. The smallest absolute Gasteiger partial charge is 0.273 e. The molecule has 34 heavy (non-hydrogen) atoms. The van der Waals surface area contributed by atoms with Gasteiger partial charge in [-0.25, -0.2) is 0 Å². The maximum Gasteiger partial charge on any atom is 0.273 e. The van der Waals surface area contributed by atoms with Gasteiger partial charge in [0.05, 0.1) is 23.8 Å². The van der Waals surface area contributed by atoms with Crippen LogP contribution in [0.3, 0.4) is 0 Å². The molecule has 2 aromatic carbocycles. The number of ether oxygens (including phenoxy) is 2. The Morgan fingerprint density at radius 2 is 1.94 bits per heavy atom. The van der Waals surface area contributed by atoms with E-state index in [2.05, 4.69) is 9.88 Å². The molecule has 1 aliphatic heterocycles. The predicted octanol–water partition coefficient (Wildman–Crippen LogP) is 2.74. The minimum Gasteiger partial charge on any atom is -0.494 e. The third kappa shape index (κ3) is 5.35. The van der Waals surface area contributed by atoms with Gasteiger partial charge in [-0.2, -0.15) is 0 Å². The molecule has 4 rings (SSSR count). The lowest BCUT2D eigenvalue weighted by atomic mass is 10.1. The van der Waals surface area contributed by atoms with E-state index < -0.39 is 4.92 Å². The van der Waals surface area contributed by atoms with Gasteiger partial charge in [0.25, 0.3) is 11.6 Å². The van der Waals surface area contributed by atoms with Crippen molar-refractivity contribution in [2.75, 3.05) is 51.3 Å². The summed E-state index contributed by atoms with van der Waals surface area (Å²) in [5.74, 6) is 1.01. The SMILES string of the molecule is COc1cc([N+](=O)[O-])ccc1N1CCN(C(=O)COc2ccc3[nH]cc(CCN)c3c2)CC1.Cl. The average molecular weight is 490 g/mol. The minimum atomic E-state index is -0.449. The van der Waals surface area contributed by atoms with E-state index in [-0.39, 0.29) is 30.6 Å². The fourth-order valence-electron chi connectivity index (χ4n) is 4.08. The summed E-state index contributed by atoms with van der Waals surface area (Å²) in [7, 11) is 1.49. The predicted molar refractivity (Wildman–Crippen MR) is 132 cm³/mol. The number of halogens is 1. The Kier molecular flexibility index (Phi) is 8.19. The number of aromatic amines is 1. The number of methoxy groups -OCH3 is 1. The third-order valence-corrected chi connectivity index (χ3v) is 5.86. The molecule has 0 aliphatic carbocycles. The Labute approximate surface area is 203 Å². The highest BCUT2D eigenvalue weighted by Crippen LogP contribution is 2.32. The Morgan fingerprint density at radius 3 is 2.62 bits per heavy atom. The van der Waals surface area contributed by atoms with Crippen molar-refractivity contribution >= 4 is 40.6 Å². The molecule has 1 aromatic heterocycles. The summed E-state index contributed by atoms with van der Waals surface area (Å²) >= 11 is 0. The van der Waals surface area contributed by atoms with Crippen molar-refractivity contribution in [1.82, 2.24) is 9.88 Å². The number of fused-ring (bicyclic) bond motifs is 1. The summed E-state index contributed by atoms with van der Waals surface area (Å²) < 4.78 is 11.1. The van der Waals surface area contributed by atoms with Crippen LogP contribution < -0.4 is 20.1 Å². The molecule has 0 atom stereocenters. The lowest BCUT2D eigenvalue weighted by molar-refractivity contribution is -0.384. The van der Waals surface area contributed by atoms with E-state index in [0.29, 0.717) is 44.2 Å². The number of hydrogen-bond donors (Lipinski definition) is 2. The molecule has 1 aliphatic rings. The number of anilines is 1. The van der Waals surface area contributed by atoms with Gasteiger partial charge in [0.2, 0.25) is 0 Å². The molecule has 3 N–H and O–H groups in total. The number of piperazine rings is 1. The molecule has 3 aromatic rings. The fraction of sp³-hybridized carbons (Fsp3) is 0.348. The van der Waals surface area contributed by atoms with Gasteiger partial charge in [-0.15, -0.1) is 12.4 Å². The Hall–Kier alpha value is -3.50. The summed E-state index contributed by atoms with van der Waals surface area (Å²) in [5.41, 5.74) is 8.57. The quantitative estimate of drug-likeness (QED) is 0.368. The number of carbonyl (C=O) groups is 1. The number of nitro groups is 1. The van der Waals surface area contributed by atoms with Crippen molar-refractivity contribution in [1.29, 1.82) is 0 Å². The number of benzene rings is 2. The average Bonchev–Trinajstić information content (AvgIpc) is 3.24. The van der Waals surface area contributed by atoms with Crippen LogP contribution in [0.2, 0.25) is 0 Å². The van der Waals surface area contributed by atoms with Crippen LogP contribution in [0.4, 0.5) is 11.4 Å². The third-order valence-electron chi connectivity index (χ3n) is 5.86. The molecule has 10 nitrogen and oxygen atoms in total. The molecule has 182 valence electrons. The van der Waals surface area contributed by atoms with Crippen LogP contribution in [0.15, 0.2) is 42.6 Å². The number of nitrogens with two attached hydrogens (primary N) is 1. The highest BCUT2D eigenvalue weighted by molar-refractivity contribution is 5.85. The molecule has 2 heterocycles. The zero-order valence-corrected chi connectivity index (χ0v) is 19.7. The van der Waals surface area contributed by atoms with Crippen LogP contribution in [0, 0.1) is 10.1 Å². The summed E-state index contributed by atoms with van der Waals surface area (Å²) in [4.78, 5) is 30.3. The number of aromatic nitrogens is 1. The standard InChI is InChI=1S/C23H27N5O5.ClH/c1-32-22-12-17(28(30)31)2-5-21(22)26-8-10-27(11-9-26)23(29)15-33-18-3-4-20-19(13-18)16(6-7-24)14-25-20;/h2-5,12-14,25H,6-11,15,24H2,1H3;1H. The second-order valence-corrected chi connectivity index (χ2v) is 7.83. The van der Waals surface area contributed by atoms with Gasteiger partial charge in [0.15, 0.2) is 6.61 Å². The second-order valence-electron chi connectivity index (χ2n) is 7.83. The summed E-state index contributed by atoms with van der Waals surface area (Å²) in [6, 6.07) is 10.3. The van der Waals surface area contributed by atoms with Crippen molar-refractivity contribution < 1.29 is 19.2 Å². The Bertz CT molecular complexity index is 1160. The van der Waals surface area contributed by atoms with Gasteiger partial charge >= 0.3 is 0 Å². The van der Waals surface area contributed by atoms with E-state index in [4.69, 9.17) is 15.2 Å². The number of nitro benzene ring substituents is 1. The van der Waals surface area contributed by atoms with E-state index in [1.54, 1.807) is 11.0 Å². The van der Waals surface area contributed by atoms with Gasteiger partial charge < -0.3 is 30.0 Å². The first-order chi connectivity index (χ1) is 16.0. The summed E-state index contributed by atoms with van der Waals surface area (Å²) in [6.07, 6.45) is 2.72. The van der Waals surface area contributed by atoms with Crippen molar-refractivity contribution in [3.63, 3.8) is 0 Å². The number of nitrogens with zero attached hydrogens (tertiary/aromatic N) is 3. The molecule has 0 radical (unpaired) electrons. The highest BCUT2D eigenvalue weighted by atomic mass is 35.5. The lowest BCUT2D eigenvalue weighted by Gasteiger charge is -2.36. The van der Waals surface area contributed by atoms with Crippen LogP contribution in [-0.2, 0) is 11.2 Å². The molecule has 0 bridgehead atoms. The number of H-pyrrole nitrogens is 1. The first-order valence-electron chi connectivity index (χ1n) is 10.8. The van der Waals surface area contributed by atoms with Gasteiger partial charge in [-0.05, 0) is 42.8 Å². The van der Waals surface area contributed by atoms with Crippen LogP contribution in [0.5, 0.6) is 11.5 Å². The molecular formula is C23H28ClN5O5. The molecule has 0 spiro atoms. The molecular weight excluding hydrogens is 462 g/mol. The van der Waals surface area contributed by atoms with Crippen LogP contribution in [0.25, 0.3) is 10.9 Å². The first-order valence-corrected chi connectivity index (χ1v) is 10.8. The van der Waals surface area contributed by atoms with Crippen molar-refractivity contribution in [2.24, 2.45) is 5.73 Å². The maximum atomic E-state index is 12.7. The topological polar surface area (TPSA) is 127 Å². The maximum absolute atomic E-state index is 12.7.